The number of benzene rings is 10. The smallest absolute Gasteiger partial charge is 0.135 e. The third kappa shape index (κ3) is 5.55. The van der Waals surface area contributed by atoms with Crippen molar-refractivity contribution in [3.05, 3.63) is 212 Å². The molecule has 2 nitrogen and oxygen atoms in total. The molecule has 2 aromatic heterocycles. The first kappa shape index (κ1) is 33.7. The van der Waals surface area contributed by atoms with Gasteiger partial charge in [0.25, 0.3) is 0 Å². The second-order valence-electron chi connectivity index (χ2n) is 15.2. The van der Waals surface area contributed by atoms with Crippen LogP contribution in [0.2, 0.25) is 0 Å². The van der Waals surface area contributed by atoms with Crippen molar-refractivity contribution in [3.63, 3.8) is 0 Å². The highest BCUT2D eigenvalue weighted by molar-refractivity contribution is 7.26. The molecule has 0 saturated heterocycles. The van der Waals surface area contributed by atoms with Crippen LogP contribution in [0.15, 0.2) is 217 Å². The van der Waals surface area contributed by atoms with E-state index >= 15 is 0 Å². The van der Waals surface area contributed by atoms with Crippen LogP contribution >= 0.6 is 11.3 Å². The van der Waals surface area contributed by atoms with E-state index in [0.29, 0.717) is 0 Å². The maximum Gasteiger partial charge on any atom is 0.135 e. The zero-order valence-electron chi connectivity index (χ0n) is 32.0. The molecule has 12 aromatic rings. The summed E-state index contributed by atoms with van der Waals surface area (Å²) >= 11 is 1.88. The Bertz CT molecular complexity index is 3560. The van der Waals surface area contributed by atoms with Crippen LogP contribution in [-0.2, 0) is 0 Å². The van der Waals surface area contributed by atoms with Crippen LogP contribution in [0.5, 0.6) is 0 Å². The molecule has 0 amide bonds. The molecule has 10 aromatic carbocycles. The van der Waals surface area contributed by atoms with Gasteiger partial charge >= 0.3 is 0 Å². The van der Waals surface area contributed by atoms with Gasteiger partial charge < -0.3 is 9.32 Å². The SMILES string of the molecule is c1ccc(-c2cccc3c2sc2ccccc23)c(-c2ccc(N(c3ccc(-c4ccc5oc6ccccc6c5c4)cc3)c3cc4ccccc4c4ccccc34)cc2)c1. The number of hydrogen-bond donors (Lipinski definition) is 0. The molecule has 0 aliphatic heterocycles. The Labute approximate surface area is 345 Å². The van der Waals surface area contributed by atoms with Gasteiger partial charge in [-0.05, 0) is 98.6 Å². The van der Waals surface area contributed by atoms with E-state index in [4.69, 9.17) is 4.42 Å². The maximum absolute atomic E-state index is 6.15. The number of nitrogens with zero attached hydrogens (tertiary/aromatic N) is 1. The standard InChI is InChI=1S/C56H35NOS/c1-2-14-43-39(12-1)35-52(46-17-6-5-15-44(43)46)57(40-29-24-36(25-30-40)38-28-33-54-51(34-38)47-18-7-9-22-53(47)58-54)41-31-26-37(27-32-41)42-13-3-4-16-45(42)49-20-11-21-50-48-19-8-10-23-55(48)59-56(49)50/h1-35H. The zero-order chi connectivity index (χ0) is 38.9. The fourth-order valence-electron chi connectivity index (χ4n) is 9.07. The lowest BCUT2D eigenvalue weighted by Gasteiger charge is -2.28. The zero-order valence-corrected chi connectivity index (χ0v) is 32.8. The molecule has 0 spiro atoms. The van der Waals surface area contributed by atoms with Crippen LogP contribution in [-0.4, -0.2) is 0 Å². The number of thiophene rings is 1. The summed E-state index contributed by atoms with van der Waals surface area (Å²) in [6, 6.07) is 77.0. The molecule has 276 valence electrons. The number of para-hydroxylation sites is 1. The van der Waals surface area contributed by atoms with Gasteiger partial charge in [-0.25, -0.2) is 0 Å². The van der Waals surface area contributed by atoms with E-state index in [2.05, 4.69) is 205 Å². The van der Waals surface area contributed by atoms with Crippen LogP contribution in [0.4, 0.5) is 17.1 Å². The predicted molar refractivity (Wildman–Crippen MR) is 253 cm³/mol. The second-order valence-corrected chi connectivity index (χ2v) is 16.3. The lowest BCUT2D eigenvalue weighted by atomic mass is 9.93. The highest BCUT2D eigenvalue weighted by Crippen LogP contribution is 2.45. The van der Waals surface area contributed by atoms with E-state index in [9.17, 15) is 0 Å². The summed E-state index contributed by atoms with van der Waals surface area (Å²) in [5.74, 6) is 0. The van der Waals surface area contributed by atoms with Gasteiger partial charge in [-0.1, -0.05) is 158 Å². The van der Waals surface area contributed by atoms with Gasteiger partial charge in [0.1, 0.15) is 11.2 Å². The Morgan fingerprint density at radius 3 is 1.73 bits per heavy atom. The Balaban J connectivity index is 0.990. The van der Waals surface area contributed by atoms with Crippen molar-refractivity contribution in [2.75, 3.05) is 4.90 Å². The number of hydrogen-bond acceptors (Lipinski definition) is 3. The van der Waals surface area contributed by atoms with Crippen molar-refractivity contribution in [3.8, 4) is 33.4 Å². The molecule has 2 heterocycles. The van der Waals surface area contributed by atoms with E-state index in [1.165, 1.54) is 64.0 Å². The van der Waals surface area contributed by atoms with Gasteiger partial charge in [0.15, 0.2) is 0 Å². The van der Waals surface area contributed by atoms with Gasteiger partial charge in [0.2, 0.25) is 0 Å². The highest BCUT2D eigenvalue weighted by atomic mass is 32.1. The fraction of sp³-hybridized carbons (Fsp3) is 0. The van der Waals surface area contributed by atoms with E-state index in [1.54, 1.807) is 0 Å². The summed E-state index contributed by atoms with van der Waals surface area (Å²) < 4.78 is 8.79. The summed E-state index contributed by atoms with van der Waals surface area (Å²) in [4.78, 5) is 2.42. The van der Waals surface area contributed by atoms with E-state index in [-0.39, 0.29) is 0 Å². The highest BCUT2D eigenvalue weighted by Gasteiger charge is 2.19. The topological polar surface area (TPSA) is 16.4 Å². The summed E-state index contributed by atoms with van der Waals surface area (Å²) in [6.45, 7) is 0. The van der Waals surface area contributed by atoms with Crippen molar-refractivity contribution in [2.24, 2.45) is 0 Å². The molecule has 0 atom stereocenters. The number of furan rings is 1. The summed E-state index contributed by atoms with van der Waals surface area (Å²) in [6.07, 6.45) is 0. The van der Waals surface area contributed by atoms with Gasteiger partial charge in [-0.2, -0.15) is 0 Å². The maximum atomic E-state index is 6.15. The first-order chi connectivity index (χ1) is 29.2. The molecule has 0 radical (unpaired) electrons. The normalized spacial score (nSPS) is 11.7. The Hall–Kier alpha value is -7.46. The molecule has 59 heavy (non-hydrogen) atoms. The molecule has 0 bridgehead atoms. The molecule has 0 aliphatic carbocycles. The summed E-state index contributed by atoms with van der Waals surface area (Å²) in [5.41, 5.74) is 12.4. The number of anilines is 3. The van der Waals surface area contributed by atoms with Crippen molar-refractivity contribution in [2.45, 2.75) is 0 Å². The van der Waals surface area contributed by atoms with Crippen molar-refractivity contribution >= 4 is 92.1 Å². The van der Waals surface area contributed by atoms with Gasteiger partial charge in [0.05, 0.1) is 5.69 Å². The first-order valence-electron chi connectivity index (χ1n) is 20.1. The molecule has 12 rings (SSSR count). The monoisotopic (exact) mass is 769 g/mol. The van der Waals surface area contributed by atoms with Crippen molar-refractivity contribution < 1.29 is 4.42 Å². The third-order valence-corrected chi connectivity index (χ3v) is 13.1. The quantitative estimate of drug-likeness (QED) is 0.157. The lowest BCUT2D eigenvalue weighted by Crippen LogP contribution is -2.10. The van der Waals surface area contributed by atoms with Gasteiger partial charge in [-0.3, -0.25) is 0 Å². The van der Waals surface area contributed by atoms with Crippen LogP contribution in [0.1, 0.15) is 0 Å². The Morgan fingerprint density at radius 1 is 0.339 bits per heavy atom. The van der Waals surface area contributed by atoms with Crippen molar-refractivity contribution in [1.29, 1.82) is 0 Å². The fourth-order valence-corrected chi connectivity index (χ4v) is 10.3. The molecular formula is C56H35NOS. The summed E-state index contributed by atoms with van der Waals surface area (Å²) in [7, 11) is 0. The minimum absolute atomic E-state index is 0.907. The third-order valence-electron chi connectivity index (χ3n) is 11.9. The van der Waals surface area contributed by atoms with E-state index in [1.807, 2.05) is 23.5 Å². The first-order valence-corrected chi connectivity index (χ1v) is 20.9. The average Bonchev–Trinajstić information content (AvgIpc) is 3.88. The van der Waals surface area contributed by atoms with Gasteiger partial charge in [-0.15, -0.1) is 11.3 Å². The minimum atomic E-state index is 0.907. The molecule has 0 N–H and O–H groups in total. The summed E-state index contributed by atoms with van der Waals surface area (Å²) in [5, 5.41) is 9.81. The molecule has 0 unspecified atom stereocenters. The Kier molecular flexibility index (Phi) is 7.75. The second kappa shape index (κ2) is 13.6. The molecule has 0 saturated carbocycles. The van der Waals surface area contributed by atoms with Crippen LogP contribution < -0.4 is 4.90 Å². The minimum Gasteiger partial charge on any atom is -0.456 e. The predicted octanol–water partition coefficient (Wildman–Crippen LogP) is 16.7. The largest absolute Gasteiger partial charge is 0.456 e. The van der Waals surface area contributed by atoms with Crippen LogP contribution in [0, 0.1) is 0 Å². The molecule has 0 fully saturated rings. The molecule has 0 aliphatic rings. The van der Waals surface area contributed by atoms with Gasteiger partial charge in [0, 0.05) is 53.3 Å². The average molecular weight is 770 g/mol. The molecular weight excluding hydrogens is 735 g/mol. The molecule has 3 heteroatoms. The number of rotatable bonds is 6. The number of fused-ring (bicyclic) bond motifs is 9. The lowest BCUT2D eigenvalue weighted by molar-refractivity contribution is 0.669. The van der Waals surface area contributed by atoms with E-state index in [0.717, 1.165) is 50.1 Å². The Morgan fingerprint density at radius 2 is 0.915 bits per heavy atom. The van der Waals surface area contributed by atoms with Crippen LogP contribution in [0.3, 0.4) is 0 Å². The van der Waals surface area contributed by atoms with Crippen LogP contribution in [0.25, 0.3) is 97.0 Å². The van der Waals surface area contributed by atoms with Crippen molar-refractivity contribution in [1.82, 2.24) is 0 Å². The van der Waals surface area contributed by atoms with E-state index < -0.39 is 0 Å².